The Bertz CT molecular complexity index is 811. The second-order valence-corrected chi connectivity index (χ2v) is 5.69. The third-order valence-electron chi connectivity index (χ3n) is 3.56. The maximum Gasteiger partial charge on any atom is 0.351 e. The van der Waals surface area contributed by atoms with Gasteiger partial charge in [0.1, 0.15) is 11.9 Å². The van der Waals surface area contributed by atoms with Crippen molar-refractivity contribution < 1.29 is 37.7 Å². The molecule has 0 saturated carbocycles. The van der Waals surface area contributed by atoms with E-state index in [4.69, 9.17) is 10.5 Å². The van der Waals surface area contributed by atoms with Crippen LogP contribution in [0, 0.1) is 0 Å². The zero-order valence-electron chi connectivity index (χ0n) is 14.1. The molecule has 2 rings (SSSR count). The smallest absolute Gasteiger partial charge is 0.351 e. The Labute approximate surface area is 151 Å². The summed E-state index contributed by atoms with van der Waals surface area (Å²) in [5.74, 6) is -6.28. The van der Waals surface area contributed by atoms with Crippen LogP contribution in [0.2, 0.25) is 0 Å². The maximum absolute atomic E-state index is 14.7. The Balaban J connectivity index is 2.18. The number of carbonyl (C=O) groups excluding carboxylic acids is 2. The van der Waals surface area contributed by atoms with Crippen LogP contribution in [0.1, 0.15) is 13.2 Å². The van der Waals surface area contributed by atoms with Crippen molar-refractivity contribution in [2.45, 2.75) is 31.3 Å². The second kappa shape index (κ2) is 7.80. The number of nitrogens with two attached hydrogens (primary N) is 1. The second-order valence-electron chi connectivity index (χ2n) is 5.69. The number of rotatable bonds is 6. The molecule has 0 aliphatic carbocycles. The van der Waals surface area contributed by atoms with Crippen LogP contribution >= 0.6 is 0 Å². The number of ether oxygens (including phenoxy) is 3. The van der Waals surface area contributed by atoms with Gasteiger partial charge in [0, 0.05) is 11.8 Å². The molecule has 1 aliphatic heterocycles. The maximum atomic E-state index is 14.7. The number of aliphatic hydroxyl groups excluding tert-OH is 1. The average molecular weight is 389 g/mol. The zero-order chi connectivity index (χ0) is 20.4. The molecule has 0 bridgehead atoms. The van der Waals surface area contributed by atoms with Crippen LogP contribution in [0.4, 0.5) is 14.6 Å². The first kappa shape index (κ1) is 20.5. The summed E-state index contributed by atoms with van der Waals surface area (Å²) >= 11 is 0. The third-order valence-corrected chi connectivity index (χ3v) is 3.56. The molecular weight excluding hydrogens is 372 g/mol. The Kier molecular flexibility index (Phi) is 5.91. The molecule has 0 aromatic carbocycles. The number of nitrogen functional groups attached to an aromatic ring is 1. The average Bonchev–Trinajstić information content (AvgIpc) is 2.83. The summed E-state index contributed by atoms with van der Waals surface area (Å²) in [4.78, 5) is 38.1. The van der Waals surface area contributed by atoms with Gasteiger partial charge in [-0.15, -0.1) is 0 Å². The van der Waals surface area contributed by atoms with E-state index >= 15 is 0 Å². The molecule has 2 heterocycles. The van der Waals surface area contributed by atoms with Crippen molar-refractivity contribution in [1.82, 2.24) is 9.55 Å². The normalized spacial score (nSPS) is 23.6. The van der Waals surface area contributed by atoms with Gasteiger partial charge in [-0.05, 0) is 13.0 Å². The molecule has 1 aromatic heterocycles. The Morgan fingerprint density at radius 3 is 2.74 bits per heavy atom. The predicted octanol–water partition coefficient (Wildman–Crippen LogP) is -0.618. The molecule has 0 unspecified atom stereocenters. The monoisotopic (exact) mass is 389 g/mol. The minimum absolute atomic E-state index is 0.000791. The Hall–Kier alpha value is -2.86. The summed E-state index contributed by atoms with van der Waals surface area (Å²) in [5, 5.41) is 9.28. The van der Waals surface area contributed by atoms with Crippen LogP contribution in [-0.2, 0) is 23.8 Å². The number of carbonyl (C=O) groups is 2. The lowest BCUT2D eigenvalue weighted by molar-refractivity contribution is -0.181. The minimum atomic E-state index is -3.90. The predicted molar refractivity (Wildman–Crippen MR) is 84.5 cm³/mol. The molecule has 3 N–H and O–H groups in total. The lowest BCUT2D eigenvalue weighted by Gasteiger charge is -2.23. The van der Waals surface area contributed by atoms with E-state index in [-0.39, 0.29) is 11.4 Å². The fourth-order valence-electron chi connectivity index (χ4n) is 2.29. The summed E-state index contributed by atoms with van der Waals surface area (Å²) in [6.07, 6.45) is -5.11. The van der Waals surface area contributed by atoms with Crippen molar-refractivity contribution in [2.75, 3.05) is 18.9 Å². The van der Waals surface area contributed by atoms with Crippen molar-refractivity contribution in [2.24, 2.45) is 0 Å². The lowest BCUT2D eigenvalue weighted by atomic mass is 10.1. The van der Waals surface area contributed by atoms with Gasteiger partial charge in [-0.2, -0.15) is 13.8 Å². The molecule has 12 heteroatoms. The van der Waals surface area contributed by atoms with Crippen molar-refractivity contribution in [3.8, 4) is 0 Å². The highest BCUT2D eigenvalue weighted by atomic mass is 19.3. The number of nitrogens with zero attached hydrogens (tertiary/aromatic N) is 2. The van der Waals surface area contributed by atoms with Crippen LogP contribution < -0.4 is 11.4 Å². The van der Waals surface area contributed by atoms with Gasteiger partial charge in [0.2, 0.25) is 6.23 Å². The van der Waals surface area contributed by atoms with E-state index in [1.165, 1.54) is 6.92 Å². The van der Waals surface area contributed by atoms with Gasteiger partial charge in [-0.1, -0.05) is 6.58 Å². The van der Waals surface area contributed by atoms with E-state index in [2.05, 4.69) is 21.0 Å². The number of esters is 2. The van der Waals surface area contributed by atoms with Crippen LogP contribution in [0.15, 0.2) is 29.2 Å². The van der Waals surface area contributed by atoms with E-state index in [1.54, 1.807) is 0 Å². The van der Waals surface area contributed by atoms with Gasteiger partial charge in [-0.3, -0.25) is 4.57 Å². The fourth-order valence-corrected chi connectivity index (χ4v) is 2.29. The van der Waals surface area contributed by atoms with Crippen molar-refractivity contribution in [3.63, 3.8) is 0 Å². The van der Waals surface area contributed by atoms with Gasteiger partial charge >= 0.3 is 23.6 Å². The van der Waals surface area contributed by atoms with Gasteiger partial charge < -0.3 is 25.1 Å². The van der Waals surface area contributed by atoms with Gasteiger partial charge in [-0.25, -0.2) is 14.4 Å². The van der Waals surface area contributed by atoms with Crippen molar-refractivity contribution in [3.05, 3.63) is 34.9 Å². The van der Waals surface area contributed by atoms with E-state index in [0.29, 0.717) is 4.57 Å². The molecule has 1 aliphatic rings. The number of hydrogen-bond acceptors (Lipinski definition) is 9. The molecule has 0 amide bonds. The summed E-state index contributed by atoms with van der Waals surface area (Å²) in [7, 11) is 0. The number of hydrogen-bond donors (Lipinski definition) is 2. The first-order valence-electron chi connectivity index (χ1n) is 7.58. The highest BCUT2D eigenvalue weighted by Gasteiger charge is 2.62. The molecule has 10 nitrogen and oxygen atoms in total. The molecule has 1 fully saturated rings. The van der Waals surface area contributed by atoms with Crippen LogP contribution in [-0.4, -0.2) is 57.9 Å². The van der Waals surface area contributed by atoms with Crippen LogP contribution in [0.3, 0.4) is 0 Å². The largest absolute Gasteiger partial charge is 0.450 e. The molecule has 27 heavy (non-hydrogen) atoms. The first-order valence-corrected chi connectivity index (χ1v) is 7.58. The van der Waals surface area contributed by atoms with E-state index in [9.17, 15) is 28.3 Å². The van der Waals surface area contributed by atoms with Crippen LogP contribution in [0.5, 0.6) is 0 Å². The van der Waals surface area contributed by atoms with E-state index in [1.807, 2.05) is 0 Å². The summed E-state index contributed by atoms with van der Waals surface area (Å²) < 4.78 is 44.0. The zero-order valence-corrected chi connectivity index (χ0v) is 14.1. The molecule has 0 radical (unpaired) electrons. The SMILES string of the molecule is C=C(C)C(=O)OCC(=O)O[C@H]1[C@@H](CO)O[C@@H](n2ccc(N)nc2=O)C1(F)F. The Morgan fingerprint density at radius 1 is 1.52 bits per heavy atom. The highest BCUT2D eigenvalue weighted by Crippen LogP contribution is 2.43. The first-order chi connectivity index (χ1) is 12.6. The van der Waals surface area contributed by atoms with Crippen molar-refractivity contribution >= 4 is 17.8 Å². The van der Waals surface area contributed by atoms with Gasteiger partial charge in [0.15, 0.2) is 12.7 Å². The quantitative estimate of drug-likeness (QED) is 0.481. The fraction of sp³-hybridized carbons (Fsp3) is 0.467. The third kappa shape index (κ3) is 4.28. The van der Waals surface area contributed by atoms with E-state index in [0.717, 1.165) is 12.3 Å². The molecule has 0 spiro atoms. The molecular formula is C15H17F2N3O7. The minimum Gasteiger partial charge on any atom is -0.450 e. The number of halogens is 2. The molecule has 1 saturated heterocycles. The Morgan fingerprint density at radius 2 is 2.19 bits per heavy atom. The number of alkyl halides is 2. The van der Waals surface area contributed by atoms with E-state index < -0.39 is 55.2 Å². The molecule has 148 valence electrons. The van der Waals surface area contributed by atoms with Gasteiger partial charge in [0.05, 0.1) is 6.61 Å². The van der Waals surface area contributed by atoms with Gasteiger partial charge in [0.25, 0.3) is 0 Å². The summed E-state index contributed by atoms with van der Waals surface area (Å²) in [6, 6.07) is 1.10. The standard InChI is InChI=1S/C15H17F2N3O7/c1-7(2)12(23)25-6-10(22)27-11-8(5-21)26-13(15(11,16)17)20-4-3-9(18)19-14(20)24/h3-4,8,11,13,21H,1,5-6H2,2H3,(H2,18,19,24)/t8-,11+,13-/m1/s1. The molecule has 1 aromatic rings. The summed E-state index contributed by atoms with van der Waals surface area (Å²) in [6.45, 7) is 2.76. The molecule has 3 atom stereocenters. The lowest BCUT2D eigenvalue weighted by Crippen LogP contribution is -2.45. The number of aliphatic hydroxyl groups is 1. The number of anilines is 1. The van der Waals surface area contributed by atoms with Crippen LogP contribution in [0.25, 0.3) is 0 Å². The number of aromatic nitrogens is 2. The van der Waals surface area contributed by atoms with Crippen molar-refractivity contribution in [1.29, 1.82) is 0 Å². The summed E-state index contributed by atoms with van der Waals surface area (Å²) in [5.41, 5.74) is 4.20. The highest BCUT2D eigenvalue weighted by molar-refractivity contribution is 5.88. The topological polar surface area (TPSA) is 143 Å².